The lowest BCUT2D eigenvalue weighted by atomic mass is 9.83. The Morgan fingerprint density at radius 1 is 0.579 bits per heavy atom. The molecule has 2 aromatic carbocycles. The van der Waals surface area contributed by atoms with Gasteiger partial charge in [-0.05, 0) is 115 Å². The quantitative estimate of drug-likeness (QED) is 0.135. The topological polar surface area (TPSA) is 157 Å². The van der Waals surface area contributed by atoms with Crippen LogP contribution >= 0.6 is 0 Å². The van der Waals surface area contributed by atoms with Crippen molar-refractivity contribution >= 4 is 11.8 Å². The van der Waals surface area contributed by atoms with E-state index in [4.69, 9.17) is 9.47 Å². The number of hydrogen-bond acceptors (Lipinski definition) is 10. The van der Waals surface area contributed by atoms with Gasteiger partial charge in [0.15, 0.2) is 0 Å². The van der Waals surface area contributed by atoms with Gasteiger partial charge in [0.25, 0.3) is 22.9 Å². The molecule has 0 unspecified atom stereocenters. The molecule has 2 saturated carbocycles. The van der Waals surface area contributed by atoms with Gasteiger partial charge in [-0.25, -0.2) is 9.97 Å². The van der Waals surface area contributed by atoms with Gasteiger partial charge in [-0.15, -0.1) is 26.3 Å². The monoisotopic (exact) mass is 1060 g/mol. The Morgan fingerprint density at radius 3 is 1.30 bits per heavy atom. The van der Waals surface area contributed by atoms with E-state index in [9.17, 15) is 45.5 Å². The van der Waals surface area contributed by atoms with Crippen LogP contribution in [0.5, 0.6) is 23.0 Å². The molecule has 0 bridgehead atoms. The van der Waals surface area contributed by atoms with Crippen LogP contribution in [-0.4, -0.2) is 100.0 Å². The average Bonchev–Trinajstić information content (AvgIpc) is 4.15. The van der Waals surface area contributed by atoms with Crippen molar-refractivity contribution in [3.63, 3.8) is 0 Å². The largest absolute Gasteiger partial charge is 0.573 e. The smallest absolute Gasteiger partial charge is 0.487 e. The summed E-state index contributed by atoms with van der Waals surface area (Å²) in [6.45, 7) is 13.3. The first-order chi connectivity index (χ1) is 34.8. The van der Waals surface area contributed by atoms with Crippen LogP contribution in [0.3, 0.4) is 0 Å². The number of imidazole rings is 2. The molecular weight excluding hydrogens is 1000 g/mol. The number of amides is 2. The third kappa shape index (κ3) is 9.15. The predicted octanol–water partition coefficient (Wildman–Crippen LogP) is 8.92. The maximum Gasteiger partial charge on any atom is 0.573 e. The van der Waals surface area contributed by atoms with Crippen molar-refractivity contribution in [3.8, 4) is 34.4 Å². The van der Waals surface area contributed by atoms with E-state index in [2.05, 4.69) is 19.4 Å². The number of carbonyl (C=O) groups is 2. The highest BCUT2D eigenvalue weighted by atomic mass is 19.4. The van der Waals surface area contributed by atoms with Gasteiger partial charge >= 0.3 is 12.7 Å². The zero-order valence-corrected chi connectivity index (χ0v) is 41.0. The van der Waals surface area contributed by atoms with Crippen molar-refractivity contribution in [2.24, 2.45) is 11.8 Å². The third-order valence-corrected chi connectivity index (χ3v) is 15.5. The second-order valence-electron chi connectivity index (χ2n) is 21.1. The van der Waals surface area contributed by atoms with E-state index in [0.717, 1.165) is 11.4 Å². The van der Waals surface area contributed by atoms with Gasteiger partial charge in [0.2, 0.25) is 0 Å². The first-order valence-electron chi connectivity index (χ1n) is 24.0. The molecule has 6 aromatic rings. The highest BCUT2D eigenvalue weighted by molar-refractivity contribution is 5.94. The van der Waals surface area contributed by atoms with Gasteiger partial charge in [-0.3, -0.25) is 19.2 Å². The number of aromatic nitrogens is 6. The maximum absolute atomic E-state index is 13.5. The summed E-state index contributed by atoms with van der Waals surface area (Å²) in [6, 6.07) is 14.8. The molecule has 404 valence electrons. The lowest BCUT2D eigenvalue weighted by Crippen LogP contribution is -2.50. The summed E-state index contributed by atoms with van der Waals surface area (Å²) in [7, 11) is 0. The summed E-state index contributed by atoms with van der Waals surface area (Å²) in [5, 5.41) is 0. The molecule has 2 amide bonds. The number of nitrogens with zero attached hydrogens (tertiary/aromatic N) is 8. The number of aryl methyl sites for hydroxylation is 2. The van der Waals surface area contributed by atoms with Crippen molar-refractivity contribution in [1.29, 1.82) is 0 Å². The molecule has 0 N–H and O–H groups in total. The minimum Gasteiger partial charge on any atom is -0.487 e. The van der Waals surface area contributed by atoms with Crippen molar-refractivity contribution in [1.82, 2.24) is 38.0 Å². The first kappa shape index (κ1) is 53.3. The summed E-state index contributed by atoms with van der Waals surface area (Å²) >= 11 is 0. The van der Waals surface area contributed by atoms with Crippen LogP contribution in [0, 0.1) is 25.7 Å². The molecule has 22 heteroatoms. The van der Waals surface area contributed by atoms with Gasteiger partial charge in [0, 0.05) is 85.5 Å². The number of halogens is 6. The summed E-state index contributed by atoms with van der Waals surface area (Å²) in [5.74, 6) is -0.193. The number of rotatable bonds is 8. The molecule has 2 fully saturated rings. The Kier molecular flexibility index (Phi) is 12.7. The molecule has 0 radical (unpaired) electrons. The predicted molar refractivity (Wildman–Crippen MR) is 266 cm³/mol. The number of ether oxygens (including phenoxy) is 4. The van der Waals surface area contributed by atoms with Crippen LogP contribution in [0.4, 0.5) is 26.3 Å². The third-order valence-electron chi connectivity index (χ3n) is 15.5. The second-order valence-corrected chi connectivity index (χ2v) is 21.1. The van der Waals surface area contributed by atoms with Crippen molar-refractivity contribution in [2.75, 3.05) is 26.2 Å². The molecule has 76 heavy (non-hydrogen) atoms. The maximum atomic E-state index is 13.5. The SMILES string of the molecule is C.C.Cc1cn(-c2ccc3n(c2=O)CCN(C[C@@]24C[C@@H]2C(C)(C)Oc2ccc(OC(F)(F)F)cc24)C3=O)cn1.Cc1cn(-c2ccc3n(c2=O)CCN(C[C@]24C[C@H]2C(C)(C)Oc2ccc(OC(F)(F)F)cc24)C3=O)cn1. The summed E-state index contributed by atoms with van der Waals surface area (Å²) in [4.78, 5) is 65.1. The standard InChI is InChI=1S/2C26H25F3N4O4.2CH4/c2*1-15-12-32(14-30-15)18-5-6-19-22(34)31(8-9-33(19)23(18)35)13-25-11-21(25)24(2,3)37-20-7-4-16(10-17(20)25)36-26(27,28)29;;/h2*4-7,10,12,14,21H,8-9,11,13H2,1-3H3;2*1H4/t2*21-,25-;;/m10../s1. The zero-order chi connectivity index (χ0) is 52.7. The Bertz CT molecular complexity index is 3210. The molecule has 4 aliphatic heterocycles. The molecule has 0 saturated heterocycles. The van der Waals surface area contributed by atoms with Gasteiger partial charge in [0.1, 0.15) is 57.0 Å². The molecule has 4 atom stereocenters. The van der Waals surface area contributed by atoms with E-state index in [1.807, 2.05) is 41.5 Å². The minimum absolute atomic E-state index is 0. The van der Waals surface area contributed by atoms with E-state index >= 15 is 0 Å². The van der Waals surface area contributed by atoms with E-state index in [-0.39, 0.29) is 72.5 Å². The van der Waals surface area contributed by atoms with Gasteiger partial charge in [-0.1, -0.05) is 14.9 Å². The normalized spacial score (nSPS) is 22.9. The van der Waals surface area contributed by atoms with E-state index in [1.165, 1.54) is 45.5 Å². The molecule has 6 aliphatic rings. The number of fused-ring (bicyclic) bond motifs is 8. The lowest BCUT2D eigenvalue weighted by molar-refractivity contribution is -0.275. The molecule has 12 rings (SSSR count). The van der Waals surface area contributed by atoms with Gasteiger partial charge in [0.05, 0.1) is 24.0 Å². The Morgan fingerprint density at radius 2 is 0.961 bits per heavy atom. The van der Waals surface area contributed by atoms with Crippen LogP contribution in [-0.2, 0) is 23.9 Å². The first-order valence-corrected chi connectivity index (χ1v) is 24.0. The van der Waals surface area contributed by atoms with Gasteiger partial charge in [-0.2, -0.15) is 0 Å². The number of benzene rings is 2. The Balaban J connectivity index is 0.000000181. The number of carbonyl (C=O) groups excluding carboxylic acids is 2. The molecule has 0 spiro atoms. The van der Waals surface area contributed by atoms with Crippen LogP contribution < -0.4 is 30.1 Å². The van der Waals surface area contributed by atoms with Crippen molar-refractivity contribution in [2.45, 2.75) is 117 Å². The molecular formula is C54H58F6N8O8. The van der Waals surface area contributed by atoms with Crippen LogP contribution in [0.2, 0.25) is 0 Å². The highest BCUT2D eigenvalue weighted by Crippen LogP contribution is 2.67. The molecule has 16 nitrogen and oxygen atoms in total. The number of alkyl halides is 6. The zero-order valence-electron chi connectivity index (χ0n) is 41.0. The van der Waals surface area contributed by atoms with Gasteiger partial charge < -0.3 is 47.0 Å². The highest BCUT2D eigenvalue weighted by Gasteiger charge is 2.68. The van der Waals surface area contributed by atoms with E-state index < -0.39 is 34.8 Å². The molecule has 4 aromatic heterocycles. The average molecular weight is 1060 g/mol. The number of hydrogen-bond donors (Lipinski definition) is 0. The summed E-state index contributed by atoms with van der Waals surface area (Å²) in [5.41, 5.74) is 1.36. The fraction of sp³-hybridized carbons (Fsp3) is 0.444. The van der Waals surface area contributed by atoms with Crippen molar-refractivity contribution in [3.05, 3.63) is 140 Å². The van der Waals surface area contributed by atoms with Crippen LogP contribution in [0.15, 0.2) is 95.3 Å². The fourth-order valence-corrected chi connectivity index (χ4v) is 12.0. The summed E-state index contributed by atoms with van der Waals surface area (Å²) in [6.07, 6.45) is -1.69. The van der Waals surface area contributed by atoms with Crippen LogP contribution in [0.1, 0.15) is 98.9 Å². The van der Waals surface area contributed by atoms with E-state index in [1.54, 1.807) is 68.2 Å². The fourth-order valence-electron chi connectivity index (χ4n) is 12.0. The molecule has 8 heterocycles. The molecule has 2 aliphatic carbocycles. The summed E-state index contributed by atoms with van der Waals surface area (Å²) < 4.78 is 104. The second kappa shape index (κ2) is 18.1. The lowest BCUT2D eigenvalue weighted by Gasteiger charge is -2.40. The van der Waals surface area contributed by atoms with Crippen LogP contribution in [0.25, 0.3) is 11.4 Å². The Labute approximate surface area is 433 Å². The van der Waals surface area contributed by atoms with Crippen molar-refractivity contribution < 1.29 is 54.9 Å². The minimum atomic E-state index is -4.81. The Hall–Kier alpha value is -7.52. The number of pyridine rings is 2. The van der Waals surface area contributed by atoms with E-state index in [0.29, 0.717) is 86.1 Å².